The highest BCUT2D eigenvalue weighted by Crippen LogP contribution is 2.05. The molecule has 0 bridgehead atoms. The highest BCUT2D eigenvalue weighted by atomic mass is 16.2. The lowest BCUT2D eigenvalue weighted by atomic mass is 10.1. The van der Waals surface area contributed by atoms with Crippen LogP contribution in [0.25, 0.3) is 0 Å². The number of hydrogen-bond acceptors (Lipinski definition) is 4. The van der Waals surface area contributed by atoms with Gasteiger partial charge >= 0.3 is 0 Å². The maximum Gasteiger partial charge on any atom is 0.251 e. The fraction of sp³-hybridized carbons (Fsp3) is 0.923. The first kappa shape index (κ1) is 17.4. The molecular formula is C13H30N4O. The zero-order chi connectivity index (χ0) is 14.0. The summed E-state index contributed by atoms with van der Waals surface area (Å²) in [6.45, 7) is 13.5. The molecular weight excluding hydrogens is 228 g/mol. The molecule has 5 heteroatoms. The minimum absolute atomic E-state index is 0.0813. The topological polar surface area (TPSA) is 61.6 Å². The van der Waals surface area contributed by atoms with E-state index in [0.717, 1.165) is 45.6 Å². The SMILES string of the molecule is CCC(C(=O)NN)N(CC)CCCN(CC)CC. The summed E-state index contributed by atoms with van der Waals surface area (Å²) in [6, 6.07) is -0.100. The fourth-order valence-electron chi connectivity index (χ4n) is 2.28. The Morgan fingerprint density at radius 1 is 1.11 bits per heavy atom. The second-order valence-corrected chi connectivity index (χ2v) is 4.44. The van der Waals surface area contributed by atoms with Gasteiger partial charge in [-0.25, -0.2) is 5.84 Å². The summed E-state index contributed by atoms with van der Waals surface area (Å²) in [4.78, 5) is 16.3. The highest BCUT2D eigenvalue weighted by Gasteiger charge is 2.21. The fourth-order valence-corrected chi connectivity index (χ4v) is 2.28. The number of hydrogen-bond donors (Lipinski definition) is 2. The molecule has 0 fully saturated rings. The second-order valence-electron chi connectivity index (χ2n) is 4.44. The average molecular weight is 258 g/mol. The van der Waals surface area contributed by atoms with E-state index in [1.807, 2.05) is 6.92 Å². The molecule has 0 heterocycles. The predicted molar refractivity (Wildman–Crippen MR) is 76.1 cm³/mol. The van der Waals surface area contributed by atoms with Crippen molar-refractivity contribution in [3.8, 4) is 0 Å². The van der Waals surface area contributed by atoms with Crippen LogP contribution >= 0.6 is 0 Å². The quantitative estimate of drug-likeness (QED) is 0.346. The molecule has 0 saturated carbocycles. The lowest BCUT2D eigenvalue weighted by Gasteiger charge is -2.29. The summed E-state index contributed by atoms with van der Waals surface area (Å²) in [6.07, 6.45) is 1.88. The molecule has 0 aromatic carbocycles. The van der Waals surface area contributed by atoms with Crippen molar-refractivity contribution in [1.29, 1.82) is 0 Å². The third-order valence-corrected chi connectivity index (χ3v) is 3.49. The Labute approximate surface area is 112 Å². The van der Waals surface area contributed by atoms with Crippen molar-refractivity contribution >= 4 is 5.91 Å². The largest absolute Gasteiger partial charge is 0.304 e. The number of rotatable bonds is 10. The summed E-state index contributed by atoms with van der Waals surface area (Å²) < 4.78 is 0. The van der Waals surface area contributed by atoms with Crippen LogP contribution in [-0.4, -0.2) is 54.5 Å². The van der Waals surface area contributed by atoms with Gasteiger partial charge in [0.15, 0.2) is 0 Å². The third-order valence-electron chi connectivity index (χ3n) is 3.49. The lowest BCUT2D eigenvalue weighted by molar-refractivity contribution is -0.126. The van der Waals surface area contributed by atoms with Crippen LogP contribution in [0.1, 0.15) is 40.5 Å². The van der Waals surface area contributed by atoms with E-state index in [2.05, 4.69) is 36.0 Å². The van der Waals surface area contributed by atoms with Crippen LogP contribution in [0.15, 0.2) is 0 Å². The predicted octanol–water partition coefficient (Wildman–Crippen LogP) is 0.809. The number of carbonyl (C=O) groups is 1. The number of nitrogens with one attached hydrogen (secondary N) is 1. The van der Waals surface area contributed by atoms with E-state index in [0.29, 0.717) is 0 Å². The van der Waals surface area contributed by atoms with Gasteiger partial charge in [-0.05, 0) is 39.0 Å². The Kier molecular flexibility index (Phi) is 9.92. The Bertz CT molecular complexity index is 219. The minimum Gasteiger partial charge on any atom is -0.304 e. The Morgan fingerprint density at radius 3 is 2.11 bits per heavy atom. The van der Waals surface area contributed by atoms with Crippen LogP contribution in [0.4, 0.5) is 0 Å². The summed E-state index contributed by atoms with van der Waals surface area (Å²) in [5.74, 6) is 5.15. The molecule has 0 aliphatic rings. The third kappa shape index (κ3) is 5.80. The van der Waals surface area contributed by atoms with Crippen molar-refractivity contribution in [3.05, 3.63) is 0 Å². The van der Waals surface area contributed by atoms with Gasteiger partial charge in [0.25, 0.3) is 5.91 Å². The smallest absolute Gasteiger partial charge is 0.251 e. The van der Waals surface area contributed by atoms with E-state index >= 15 is 0 Å². The number of nitrogens with zero attached hydrogens (tertiary/aromatic N) is 2. The van der Waals surface area contributed by atoms with E-state index < -0.39 is 0 Å². The zero-order valence-corrected chi connectivity index (χ0v) is 12.4. The Morgan fingerprint density at radius 2 is 1.72 bits per heavy atom. The first-order valence-corrected chi connectivity index (χ1v) is 7.11. The number of amides is 1. The lowest BCUT2D eigenvalue weighted by Crippen LogP contribution is -2.49. The van der Waals surface area contributed by atoms with Crippen LogP contribution in [0, 0.1) is 0 Å². The molecule has 0 aliphatic heterocycles. The van der Waals surface area contributed by atoms with E-state index in [9.17, 15) is 4.79 Å². The molecule has 0 aromatic rings. The monoisotopic (exact) mass is 258 g/mol. The number of hydrazine groups is 1. The molecule has 1 atom stereocenters. The average Bonchev–Trinajstić information content (AvgIpc) is 2.41. The summed E-state index contributed by atoms with van der Waals surface area (Å²) in [5, 5.41) is 0. The Hall–Kier alpha value is -0.650. The molecule has 1 amide bonds. The van der Waals surface area contributed by atoms with E-state index in [1.54, 1.807) is 0 Å². The van der Waals surface area contributed by atoms with Gasteiger partial charge in [-0.3, -0.25) is 15.1 Å². The van der Waals surface area contributed by atoms with Gasteiger partial charge in [0.1, 0.15) is 0 Å². The van der Waals surface area contributed by atoms with E-state index in [-0.39, 0.29) is 11.9 Å². The standard InChI is InChI=1S/C13H30N4O/c1-5-12(13(18)15-14)17(8-4)11-9-10-16(6-2)7-3/h12H,5-11,14H2,1-4H3,(H,15,18). The Balaban J connectivity index is 4.20. The zero-order valence-electron chi connectivity index (χ0n) is 12.4. The molecule has 0 spiro atoms. The maximum atomic E-state index is 11.7. The molecule has 0 aliphatic carbocycles. The summed E-state index contributed by atoms with van der Waals surface area (Å²) >= 11 is 0. The number of nitrogens with two attached hydrogens (primary N) is 1. The van der Waals surface area contributed by atoms with Gasteiger partial charge < -0.3 is 4.90 Å². The minimum atomic E-state index is -0.100. The van der Waals surface area contributed by atoms with Gasteiger partial charge in [0.2, 0.25) is 0 Å². The normalized spacial score (nSPS) is 13.1. The van der Waals surface area contributed by atoms with Crippen molar-refractivity contribution in [2.75, 3.05) is 32.7 Å². The molecule has 0 saturated heterocycles. The van der Waals surface area contributed by atoms with E-state index in [1.165, 1.54) is 0 Å². The van der Waals surface area contributed by atoms with Gasteiger partial charge in [0.05, 0.1) is 6.04 Å². The van der Waals surface area contributed by atoms with Crippen molar-refractivity contribution in [2.45, 2.75) is 46.6 Å². The van der Waals surface area contributed by atoms with Crippen LogP contribution in [-0.2, 0) is 4.79 Å². The molecule has 1 unspecified atom stereocenters. The van der Waals surface area contributed by atoms with Crippen molar-refractivity contribution in [1.82, 2.24) is 15.2 Å². The van der Waals surface area contributed by atoms with Crippen molar-refractivity contribution < 1.29 is 4.79 Å². The van der Waals surface area contributed by atoms with Gasteiger partial charge in [-0.15, -0.1) is 0 Å². The van der Waals surface area contributed by atoms with Crippen LogP contribution in [0.3, 0.4) is 0 Å². The van der Waals surface area contributed by atoms with Gasteiger partial charge in [-0.1, -0.05) is 27.7 Å². The van der Waals surface area contributed by atoms with E-state index in [4.69, 9.17) is 5.84 Å². The molecule has 0 radical (unpaired) electrons. The van der Waals surface area contributed by atoms with Crippen LogP contribution in [0.5, 0.6) is 0 Å². The van der Waals surface area contributed by atoms with Gasteiger partial charge in [-0.2, -0.15) is 0 Å². The first-order valence-electron chi connectivity index (χ1n) is 7.11. The maximum absolute atomic E-state index is 11.7. The summed E-state index contributed by atoms with van der Waals surface area (Å²) in [7, 11) is 0. The van der Waals surface area contributed by atoms with Crippen molar-refractivity contribution in [2.24, 2.45) is 5.84 Å². The van der Waals surface area contributed by atoms with Crippen molar-refractivity contribution in [3.63, 3.8) is 0 Å². The van der Waals surface area contributed by atoms with Crippen LogP contribution in [0.2, 0.25) is 0 Å². The van der Waals surface area contributed by atoms with Crippen LogP contribution < -0.4 is 11.3 Å². The second kappa shape index (κ2) is 10.3. The first-order chi connectivity index (χ1) is 8.64. The highest BCUT2D eigenvalue weighted by molar-refractivity contribution is 5.81. The molecule has 108 valence electrons. The van der Waals surface area contributed by atoms with Gasteiger partial charge in [0, 0.05) is 6.54 Å². The molecule has 0 aromatic heterocycles. The summed E-state index contributed by atoms with van der Waals surface area (Å²) in [5.41, 5.74) is 2.26. The molecule has 3 N–H and O–H groups in total. The molecule has 18 heavy (non-hydrogen) atoms. The molecule has 0 rings (SSSR count). The number of likely N-dealkylation sites (N-methyl/N-ethyl adjacent to an activating group) is 1. The molecule has 5 nitrogen and oxygen atoms in total. The number of carbonyl (C=O) groups excluding carboxylic acids is 1.